The summed E-state index contributed by atoms with van der Waals surface area (Å²) in [4.78, 5) is 13.1. The molecule has 3 nitrogen and oxygen atoms in total. The Morgan fingerprint density at radius 1 is 1.35 bits per heavy atom. The Labute approximate surface area is 129 Å². The van der Waals surface area contributed by atoms with Crippen LogP contribution in [-0.2, 0) is 4.79 Å². The SMILES string of the molecule is CC(c1ccc(Cl)c(Cl)c1)N1CCC(CC(=O)O)CC1. The molecular formula is C15H19Cl2NO2. The molecule has 0 aliphatic carbocycles. The van der Waals surface area contributed by atoms with Gasteiger partial charge in [-0.3, -0.25) is 9.69 Å². The van der Waals surface area contributed by atoms with Crippen molar-refractivity contribution >= 4 is 29.2 Å². The van der Waals surface area contributed by atoms with E-state index in [0.29, 0.717) is 16.0 Å². The normalized spacial score (nSPS) is 18.9. The van der Waals surface area contributed by atoms with Crippen LogP contribution >= 0.6 is 23.2 Å². The van der Waals surface area contributed by atoms with E-state index in [1.807, 2.05) is 18.2 Å². The summed E-state index contributed by atoms with van der Waals surface area (Å²) in [7, 11) is 0. The van der Waals surface area contributed by atoms with Gasteiger partial charge in [0, 0.05) is 12.5 Å². The van der Waals surface area contributed by atoms with Crippen molar-refractivity contribution in [1.82, 2.24) is 4.90 Å². The molecule has 1 unspecified atom stereocenters. The maximum Gasteiger partial charge on any atom is 0.303 e. The van der Waals surface area contributed by atoms with Crippen LogP contribution in [0.1, 0.15) is 37.8 Å². The van der Waals surface area contributed by atoms with Gasteiger partial charge in [-0.2, -0.15) is 0 Å². The summed E-state index contributed by atoms with van der Waals surface area (Å²) in [6, 6.07) is 6.02. The minimum atomic E-state index is -0.694. The summed E-state index contributed by atoms with van der Waals surface area (Å²) >= 11 is 12.0. The van der Waals surface area contributed by atoms with Crippen molar-refractivity contribution in [3.8, 4) is 0 Å². The van der Waals surface area contributed by atoms with Crippen LogP contribution in [0.25, 0.3) is 0 Å². The Bertz CT molecular complexity index is 485. The molecule has 1 aliphatic heterocycles. The molecule has 0 aromatic heterocycles. The lowest BCUT2D eigenvalue weighted by atomic mass is 9.92. The number of likely N-dealkylation sites (tertiary alicyclic amines) is 1. The summed E-state index contributed by atoms with van der Waals surface area (Å²) in [5.74, 6) is -0.384. The predicted molar refractivity (Wildman–Crippen MR) is 81.4 cm³/mol. The van der Waals surface area contributed by atoms with E-state index in [2.05, 4.69) is 11.8 Å². The van der Waals surface area contributed by atoms with Crippen LogP contribution < -0.4 is 0 Å². The van der Waals surface area contributed by atoms with Gasteiger partial charge >= 0.3 is 5.97 Å². The van der Waals surface area contributed by atoms with E-state index in [1.165, 1.54) is 0 Å². The highest BCUT2D eigenvalue weighted by molar-refractivity contribution is 6.42. The van der Waals surface area contributed by atoms with Crippen LogP contribution in [0.3, 0.4) is 0 Å². The molecule has 1 N–H and O–H groups in total. The first-order valence-corrected chi connectivity index (χ1v) is 7.63. The van der Waals surface area contributed by atoms with Gasteiger partial charge in [0.2, 0.25) is 0 Å². The lowest BCUT2D eigenvalue weighted by molar-refractivity contribution is -0.138. The van der Waals surface area contributed by atoms with E-state index < -0.39 is 5.97 Å². The number of nitrogens with zero attached hydrogens (tertiary/aromatic N) is 1. The van der Waals surface area contributed by atoms with Crippen molar-refractivity contribution in [3.05, 3.63) is 33.8 Å². The van der Waals surface area contributed by atoms with Crippen molar-refractivity contribution in [2.75, 3.05) is 13.1 Å². The Balaban J connectivity index is 1.95. The molecule has 1 fully saturated rings. The molecule has 110 valence electrons. The number of halogens is 2. The van der Waals surface area contributed by atoms with Gasteiger partial charge in [0.15, 0.2) is 0 Å². The van der Waals surface area contributed by atoms with E-state index >= 15 is 0 Å². The molecule has 1 atom stereocenters. The largest absolute Gasteiger partial charge is 0.481 e. The van der Waals surface area contributed by atoms with Crippen LogP contribution in [0.4, 0.5) is 0 Å². The lowest BCUT2D eigenvalue weighted by Gasteiger charge is -2.36. The standard InChI is InChI=1S/C15H19Cl2NO2/c1-10(12-2-3-13(16)14(17)9-12)18-6-4-11(5-7-18)8-15(19)20/h2-3,9-11H,4-8H2,1H3,(H,19,20). The Morgan fingerprint density at radius 3 is 2.55 bits per heavy atom. The third-order valence-electron chi connectivity index (χ3n) is 4.09. The van der Waals surface area contributed by atoms with Gasteiger partial charge in [-0.15, -0.1) is 0 Å². The summed E-state index contributed by atoms with van der Waals surface area (Å²) in [5, 5.41) is 9.99. The summed E-state index contributed by atoms with van der Waals surface area (Å²) < 4.78 is 0. The molecule has 1 saturated heterocycles. The third-order valence-corrected chi connectivity index (χ3v) is 4.83. The van der Waals surface area contributed by atoms with Crippen LogP contribution in [0.5, 0.6) is 0 Å². The monoisotopic (exact) mass is 315 g/mol. The van der Waals surface area contributed by atoms with Crippen LogP contribution in [0, 0.1) is 5.92 Å². The van der Waals surface area contributed by atoms with E-state index in [9.17, 15) is 4.79 Å². The summed E-state index contributed by atoms with van der Waals surface area (Å²) in [5.41, 5.74) is 1.15. The van der Waals surface area contributed by atoms with Crippen molar-refractivity contribution in [2.45, 2.75) is 32.2 Å². The number of rotatable bonds is 4. The average Bonchev–Trinajstić information content (AvgIpc) is 2.41. The number of hydrogen-bond donors (Lipinski definition) is 1. The van der Waals surface area contributed by atoms with Crippen LogP contribution in [0.15, 0.2) is 18.2 Å². The van der Waals surface area contributed by atoms with Crippen molar-refractivity contribution in [3.63, 3.8) is 0 Å². The van der Waals surface area contributed by atoms with Gasteiger partial charge in [-0.25, -0.2) is 0 Å². The fourth-order valence-electron chi connectivity index (χ4n) is 2.77. The topological polar surface area (TPSA) is 40.5 Å². The van der Waals surface area contributed by atoms with Gasteiger partial charge in [-0.1, -0.05) is 29.3 Å². The van der Waals surface area contributed by atoms with Crippen molar-refractivity contribution in [1.29, 1.82) is 0 Å². The maximum absolute atomic E-state index is 10.7. The maximum atomic E-state index is 10.7. The fraction of sp³-hybridized carbons (Fsp3) is 0.533. The molecule has 0 radical (unpaired) electrons. The first-order valence-electron chi connectivity index (χ1n) is 6.88. The van der Waals surface area contributed by atoms with Gasteiger partial charge in [0.25, 0.3) is 0 Å². The highest BCUT2D eigenvalue weighted by Gasteiger charge is 2.25. The zero-order chi connectivity index (χ0) is 14.7. The molecule has 1 heterocycles. The molecule has 0 spiro atoms. The first-order chi connectivity index (χ1) is 9.47. The van der Waals surface area contributed by atoms with Gasteiger partial charge in [-0.05, 0) is 56.5 Å². The minimum absolute atomic E-state index is 0.274. The van der Waals surface area contributed by atoms with Gasteiger partial charge < -0.3 is 5.11 Å². The third kappa shape index (κ3) is 3.87. The molecule has 2 rings (SSSR count). The molecular weight excluding hydrogens is 297 g/mol. The quantitative estimate of drug-likeness (QED) is 0.903. The zero-order valence-corrected chi connectivity index (χ0v) is 13.0. The Kier molecular flexibility index (Phi) is 5.30. The number of carboxylic acids is 1. The number of carboxylic acid groups (broad SMARTS) is 1. The first kappa shape index (κ1) is 15.6. The van der Waals surface area contributed by atoms with E-state index in [-0.39, 0.29) is 12.5 Å². The Morgan fingerprint density at radius 2 is 2.00 bits per heavy atom. The van der Waals surface area contributed by atoms with Gasteiger partial charge in [0.05, 0.1) is 10.0 Å². The van der Waals surface area contributed by atoms with E-state index in [4.69, 9.17) is 28.3 Å². The second kappa shape index (κ2) is 6.79. The highest BCUT2D eigenvalue weighted by atomic mass is 35.5. The highest BCUT2D eigenvalue weighted by Crippen LogP contribution is 2.31. The lowest BCUT2D eigenvalue weighted by Crippen LogP contribution is -2.36. The predicted octanol–water partition coefficient (Wildman–Crippen LogP) is 4.24. The van der Waals surface area contributed by atoms with Gasteiger partial charge in [0.1, 0.15) is 0 Å². The zero-order valence-electron chi connectivity index (χ0n) is 11.5. The van der Waals surface area contributed by atoms with Crippen molar-refractivity contribution in [2.24, 2.45) is 5.92 Å². The number of hydrogen-bond acceptors (Lipinski definition) is 2. The minimum Gasteiger partial charge on any atom is -0.481 e. The number of aliphatic carboxylic acids is 1. The molecule has 1 aromatic rings. The van der Waals surface area contributed by atoms with Crippen LogP contribution in [0.2, 0.25) is 10.0 Å². The second-order valence-corrected chi connectivity index (χ2v) is 6.24. The summed E-state index contributed by atoms with van der Waals surface area (Å²) in [6.07, 6.45) is 2.17. The fourth-order valence-corrected chi connectivity index (χ4v) is 3.08. The molecule has 0 amide bonds. The molecule has 1 aliphatic rings. The second-order valence-electron chi connectivity index (χ2n) is 5.43. The molecule has 5 heteroatoms. The molecule has 20 heavy (non-hydrogen) atoms. The van der Waals surface area contributed by atoms with Crippen LogP contribution in [-0.4, -0.2) is 29.1 Å². The summed E-state index contributed by atoms with van der Waals surface area (Å²) in [6.45, 7) is 4.01. The number of piperidine rings is 1. The smallest absolute Gasteiger partial charge is 0.303 e. The number of benzene rings is 1. The Hall–Kier alpha value is -0.770. The molecule has 0 saturated carbocycles. The average molecular weight is 316 g/mol. The van der Waals surface area contributed by atoms with Crippen molar-refractivity contribution < 1.29 is 9.90 Å². The number of carbonyl (C=O) groups is 1. The van der Waals surface area contributed by atoms with E-state index in [0.717, 1.165) is 31.5 Å². The molecule has 1 aromatic carbocycles. The molecule has 0 bridgehead atoms. The van der Waals surface area contributed by atoms with E-state index in [1.54, 1.807) is 0 Å².